The zero-order chi connectivity index (χ0) is 18.8. The van der Waals surface area contributed by atoms with Crippen molar-refractivity contribution in [3.05, 3.63) is 72.3 Å². The molecule has 26 heavy (non-hydrogen) atoms. The Morgan fingerprint density at radius 3 is 2.73 bits per heavy atom. The van der Waals surface area contributed by atoms with Crippen molar-refractivity contribution < 1.29 is 19.0 Å². The second kappa shape index (κ2) is 9.70. The number of esters is 1. The lowest BCUT2D eigenvalue weighted by Gasteiger charge is -2.12. The molecule has 0 aliphatic rings. The standard InChI is InChI=1S/C21H19NO4/c1-3-7-17-9-4-5-10-18(17)25-15-21(23)26-19-12-11-16(8-6-13-22)14-20(19)24-2/h3-6,8-12,14H,1,7,15H2,2H3/b8-6-. The van der Waals surface area contributed by atoms with Crippen LogP contribution in [0.5, 0.6) is 17.2 Å². The van der Waals surface area contributed by atoms with Crippen LogP contribution in [0.3, 0.4) is 0 Å². The summed E-state index contributed by atoms with van der Waals surface area (Å²) in [5, 5.41) is 8.58. The summed E-state index contributed by atoms with van der Waals surface area (Å²) in [6.45, 7) is 3.48. The summed E-state index contributed by atoms with van der Waals surface area (Å²) in [6.07, 6.45) is 5.41. The molecule has 5 nitrogen and oxygen atoms in total. The largest absolute Gasteiger partial charge is 0.493 e. The number of carbonyl (C=O) groups excluding carboxylic acids is 1. The summed E-state index contributed by atoms with van der Waals surface area (Å²) in [6, 6.07) is 14.4. The fraction of sp³-hybridized carbons (Fsp3) is 0.143. The first kappa shape index (κ1) is 18.8. The predicted molar refractivity (Wildman–Crippen MR) is 99.1 cm³/mol. The van der Waals surface area contributed by atoms with E-state index in [0.717, 1.165) is 11.1 Å². The van der Waals surface area contributed by atoms with E-state index < -0.39 is 5.97 Å². The van der Waals surface area contributed by atoms with Gasteiger partial charge in [0.05, 0.1) is 13.2 Å². The maximum Gasteiger partial charge on any atom is 0.349 e. The highest BCUT2D eigenvalue weighted by molar-refractivity contribution is 5.75. The Labute approximate surface area is 152 Å². The molecule has 0 radical (unpaired) electrons. The average Bonchev–Trinajstić information content (AvgIpc) is 2.66. The van der Waals surface area contributed by atoms with Crippen LogP contribution in [0.4, 0.5) is 0 Å². The van der Waals surface area contributed by atoms with Gasteiger partial charge in [-0.2, -0.15) is 5.26 Å². The number of para-hydroxylation sites is 1. The first-order valence-electron chi connectivity index (χ1n) is 7.94. The van der Waals surface area contributed by atoms with E-state index >= 15 is 0 Å². The van der Waals surface area contributed by atoms with E-state index in [2.05, 4.69) is 6.58 Å². The van der Waals surface area contributed by atoms with Gasteiger partial charge in [-0.1, -0.05) is 30.3 Å². The molecule has 0 fully saturated rings. The molecule has 0 atom stereocenters. The molecule has 0 spiro atoms. The summed E-state index contributed by atoms with van der Waals surface area (Å²) >= 11 is 0. The number of methoxy groups -OCH3 is 1. The van der Waals surface area contributed by atoms with E-state index in [1.54, 1.807) is 36.4 Å². The van der Waals surface area contributed by atoms with Gasteiger partial charge in [-0.15, -0.1) is 6.58 Å². The molecule has 0 aliphatic carbocycles. The van der Waals surface area contributed by atoms with Crippen LogP contribution in [0.2, 0.25) is 0 Å². The minimum atomic E-state index is -0.544. The van der Waals surface area contributed by atoms with Crippen molar-refractivity contribution in [1.29, 1.82) is 5.26 Å². The Morgan fingerprint density at radius 1 is 1.19 bits per heavy atom. The summed E-state index contributed by atoms with van der Waals surface area (Å²) in [5.74, 6) is 0.755. The zero-order valence-corrected chi connectivity index (χ0v) is 14.5. The first-order chi connectivity index (χ1) is 12.7. The third-order valence-corrected chi connectivity index (χ3v) is 3.44. The van der Waals surface area contributed by atoms with Crippen molar-refractivity contribution >= 4 is 12.0 Å². The van der Waals surface area contributed by atoms with Crippen LogP contribution < -0.4 is 14.2 Å². The summed E-state index contributed by atoms with van der Waals surface area (Å²) < 4.78 is 16.1. The Bertz CT molecular complexity index is 849. The molecule has 2 aromatic carbocycles. The molecule has 132 valence electrons. The van der Waals surface area contributed by atoms with E-state index in [1.165, 1.54) is 13.2 Å². The maximum atomic E-state index is 12.1. The number of ether oxygens (including phenoxy) is 3. The molecule has 2 rings (SSSR count). The van der Waals surface area contributed by atoms with Crippen molar-refractivity contribution in [3.8, 4) is 23.3 Å². The van der Waals surface area contributed by atoms with Crippen LogP contribution in [-0.2, 0) is 11.2 Å². The molecule has 0 heterocycles. The van der Waals surface area contributed by atoms with Gasteiger partial charge < -0.3 is 14.2 Å². The lowest BCUT2D eigenvalue weighted by Crippen LogP contribution is -2.18. The van der Waals surface area contributed by atoms with E-state index in [1.807, 2.05) is 24.3 Å². The number of allylic oxidation sites excluding steroid dienone is 2. The monoisotopic (exact) mass is 349 g/mol. The van der Waals surface area contributed by atoms with E-state index in [4.69, 9.17) is 19.5 Å². The van der Waals surface area contributed by atoms with Crippen LogP contribution in [0, 0.1) is 11.3 Å². The van der Waals surface area contributed by atoms with Crippen molar-refractivity contribution in [3.63, 3.8) is 0 Å². The van der Waals surface area contributed by atoms with Gasteiger partial charge in [-0.05, 0) is 41.8 Å². The highest BCUT2D eigenvalue weighted by Gasteiger charge is 2.12. The Hall–Kier alpha value is -3.52. The van der Waals surface area contributed by atoms with Gasteiger partial charge in [-0.3, -0.25) is 0 Å². The highest BCUT2D eigenvalue weighted by atomic mass is 16.6. The minimum Gasteiger partial charge on any atom is -0.493 e. The number of nitriles is 1. The quantitative estimate of drug-likeness (QED) is 0.312. The molecule has 0 amide bonds. The van der Waals surface area contributed by atoms with Gasteiger partial charge >= 0.3 is 5.97 Å². The molecule has 0 saturated carbocycles. The third kappa shape index (κ3) is 5.25. The second-order valence-electron chi connectivity index (χ2n) is 5.24. The molecule has 0 bridgehead atoms. The predicted octanol–water partition coefficient (Wildman–Crippen LogP) is 3.94. The Kier molecular flexibility index (Phi) is 7.02. The second-order valence-corrected chi connectivity index (χ2v) is 5.24. The Morgan fingerprint density at radius 2 is 2.00 bits per heavy atom. The van der Waals surface area contributed by atoms with Gasteiger partial charge in [0.2, 0.25) is 0 Å². The maximum absolute atomic E-state index is 12.1. The molecule has 5 heteroatoms. The summed E-state index contributed by atoms with van der Waals surface area (Å²) in [4.78, 5) is 12.1. The number of nitrogens with zero attached hydrogens (tertiary/aromatic N) is 1. The van der Waals surface area contributed by atoms with Crippen LogP contribution in [0.25, 0.3) is 6.08 Å². The van der Waals surface area contributed by atoms with Crippen molar-refractivity contribution in [2.24, 2.45) is 0 Å². The summed E-state index contributed by atoms with van der Waals surface area (Å²) in [5.41, 5.74) is 1.71. The van der Waals surface area contributed by atoms with Crippen LogP contribution in [-0.4, -0.2) is 19.7 Å². The van der Waals surface area contributed by atoms with Gasteiger partial charge in [0.25, 0.3) is 0 Å². The lowest BCUT2D eigenvalue weighted by molar-refractivity contribution is -0.136. The van der Waals surface area contributed by atoms with Crippen LogP contribution in [0.1, 0.15) is 11.1 Å². The molecule has 2 aromatic rings. The number of benzene rings is 2. The van der Waals surface area contributed by atoms with E-state index in [0.29, 0.717) is 17.9 Å². The fourth-order valence-electron chi connectivity index (χ4n) is 2.26. The minimum absolute atomic E-state index is 0.229. The molecule has 0 aliphatic heterocycles. The Balaban J connectivity index is 2.03. The van der Waals surface area contributed by atoms with Crippen molar-refractivity contribution in [1.82, 2.24) is 0 Å². The van der Waals surface area contributed by atoms with Crippen LogP contribution >= 0.6 is 0 Å². The molecule has 0 unspecified atom stereocenters. The third-order valence-electron chi connectivity index (χ3n) is 3.44. The molecule has 0 N–H and O–H groups in total. The highest BCUT2D eigenvalue weighted by Crippen LogP contribution is 2.29. The molecule has 0 aromatic heterocycles. The van der Waals surface area contributed by atoms with E-state index in [9.17, 15) is 4.79 Å². The average molecular weight is 349 g/mol. The smallest absolute Gasteiger partial charge is 0.349 e. The van der Waals surface area contributed by atoms with Gasteiger partial charge in [0.15, 0.2) is 18.1 Å². The molecule has 0 saturated heterocycles. The lowest BCUT2D eigenvalue weighted by atomic mass is 10.1. The van der Waals surface area contributed by atoms with Crippen molar-refractivity contribution in [2.75, 3.05) is 13.7 Å². The van der Waals surface area contributed by atoms with Crippen molar-refractivity contribution in [2.45, 2.75) is 6.42 Å². The molecular weight excluding hydrogens is 330 g/mol. The number of carbonyl (C=O) groups is 1. The zero-order valence-electron chi connectivity index (χ0n) is 14.5. The van der Waals surface area contributed by atoms with E-state index in [-0.39, 0.29) is 12.4 Å². The van der Waals surface area contributed by atoms with Gasteiger partial charge in [-0.25, -0.2) is 4.79 Å². The first-order valence-corrected chi connectivity index (χ1v) is 7.94. The number of hydrogen-bond acceptors (Lipinski definition) is 5. The number of rotatable bonds is 8. The normalized spacial score (nSPS) is 10.2. The van der Waals surface area contributed by atoms with Gasteiger partial charge in [0.1, 0.15) is 5.75 Å². The van der Waals surface area contributed by atoms with Crippen LogP contribution in [0.15, 0.2) is 61.2 Å². The SMILES string of the molecule is C=CCc1ccccc1OCC(=O)Oc1ccc(/C=C\C#N)cc1OC. The fourth-order valence-corrected chi connectivity index (χ4v) is 2.26. The topological polar surface area (TPSA) is 68.5 Å². The summed E-state index contributed by atoms with van der Waals surface area (Å²) in [7, 11) is 1.48. The molecular formula is C21H19NO4. The number of hydrogen-bond donors (Lipinski definition) is 0. The van der Waals surface area contributed by atoms with Gasteiger partial charge in [0, 0.05) is 6.08 Å².